The molecule has 1 aliphatic heterocycles. The summed E-state index contributed by atoms with van der Waals surface area (Å²) in [6.45, 7) is 2.52. The van der Waals surface area contributed by atoms with E-state index >= 15 is 0 Å². The number of aromatic nitrogens is 1. The number of carbonyl (C=O) groups excluding carboxylic acids is 1. The smallest absolute Gasteiger partial charge is 0.255 e. The molecule has 1 amide bonds. The lowest BCUT2D eigenvalue weighted by atomic mass is 10.1. The second kappa shape index (κ2) is 7.13. The minimum atomic E-state index is -0.0675. The van der Waals surface area contributed by atoms with Crippen LogP contribution in [0.4, 0.5) is 0 Å². The van der Waals surface area contributed by atoms with E-state index in [2.05, 4.69) is 39.0 Å². The van der Waals surface area contributed by atoms with Crippen LogP contribution in [0.3, 0.4) is 0 Å². The fourth-order valence-corrected chi connectivity index (χ4v) is 3.81. The monoisotopic (exact) mass is 353 g/mol. The third kappa shape index (κ3) is 3.45. The molecule has 1 aromatic carbocycles. The van der Waals surface area contributed by atoms with Crippen molar-refractivity contribution >= 4 is 17.2 Å². The van der Waals surface area contributed by atoms with Crippen molar-refractivity contribution < 1.29 is 9.53 Å². The third-order valence-corrected chi connectivity index (χ3v) is 5.11. The minimum Gasteiger partial charge on any atom is -0.491 e. The number of fused-ring (bicyclic) bond motifs is 1. The van der Waals surface area contributed by atoms with Gasteiger partial charge >= 0.3 is 0 Å². The Labute approximate surface area is 150 Å². The maximum Gasteiger partial charge on any atom is 0.255 e. The molecule has 3 heterocycles. The van der Waals surface area contributed by atoms with E-state index in [9.17, 15) is 4.79 Å². The van der Waals surface area contributed by atoms with Crippen molar-refractivity contribution in [3.63, 3.8) is 0 Å². The summed E-state index contributed by atoms with van der Waals surface area (Å²) in [4.78, 5) is 12.1. The Kier molecular flexibility index (Phi) is 4.54. The van der Waals surface area contributed by atoms with Gasteiger partial charge in [0, 0.05) is 31.0 Å². The number of carbonyl (C=O) groups is 1. The van der Waals surface area contributed by atoms with Gasteiger partial charge in [-0.05, 0) is 41.3 Å². The molecule has 0 unspecified atom stereocenters. The van der Waals surface area contributed by atoms with Crippen molar-refractivity contribution in [3.8, 4) is 10.8 Å². The first-order chi connectivity index (χ1) is 12.3. The van der Waals surface area contributed by atoms with Crippen LogP contribution >= 0.6 is 11.3 Å². The number of thiophene rings is 1. The zero-order valence-electron chi connectivity index (χ0n) is 13.7. The molecule has 4 rings (SSSR count). The van der Waals surface area contributed by atoms with E-state index in [1.165, 1.54) is 10.6 Å². The fraction of sp³-hybridized carbons (Fsp3) is 0.211. The molecule has 3 aromatic rings. The fourth-order valence-electron chi connectivity index (χ4n) is 2.91. The lowest BCUT2D eigenvalue weighted by molar-refractivity contribution is 0.0957. The molecule has 0 saturated carbocycles. The predicted molar refractivity (Wildman–Crippen MR) is 98.5 cm³/mol. The summed E-state index contributed by atoms with van der Waals surface area (Å²) >= 11 is 1.73. The average molecular weight is 353 g/mol. The normalized spacial score (nSPS) is 13.7. The first-order valence-electron chi connectivity index (χ1n) is 8.25. The van der Waals surface area contributed by atoms with Gasteiger partial charge in [-0.25, -0.2) is 0 Å². The van der Waals surface area contributed by atoms with Gasteiger partial charge in [0.1, 0.15) is 17.4 Å². The highest BCUT2D eigenvalue weighted by Gasteiger charge is 2.16. The van der Waals surface area contributed by atoms with Crippen molar-refractivity contribution in [3.05, 3.63) is 70.9 Å². The molecule has 2 N–H and O–H groups in total. The van der Waals surface area contributed by atoms with Crippen LogP contribution in [0.15, 0.2) is 54.2 Å². The van der Waals surface area contributed by atoms with Gasteiger partial charge in [0.25, 0.3) is 5.91 Å². The molecule has 1 aliphatic rings. The average Bonchev–Trinajstić information content (AvgIpc) is 3.27. The van der Waals surface area contributed by atoms with Gasteiger partial charge in [0.15, 0.2) is 0 Å². The van der Waals surface area contributed by atoms with E-state index in [1.807, 2.05) is 30.3 Å². The topological polar surface area (TPSA) is 55.3 Å². The number of rotatable bonds is 5. The van der Waals surface area contributed by atoms with Crippen molar-refractivity contribution in [2.75, 3.05) is 13.2 Å². The van der Waals surface area contributed by atoms with Gasteiger partial charge in [-0.15, -0.1) is 11.3 Å². The minimum absolute atomic E-state index is 0.0675. The number of benzene rings is 1. The maximum absolute atomic E-state index is 12.1. The van der Waals surface area contributed by atoms with Gasteiger partial charge in [0.05, 0.1) is 12.1 Å². The Morgan fingerprint density at radius 2 is 2.08 bits per heavy atom. The van der Waals surface area contributed by atoms with Crippen molar-refractivity contribution in [1.82, 2.24) is 15.2 Å². The van der Waals surface area contributed by atoms with Crippen LogP contribution < -0.4 is 15.4 Å². The van der Waals surface area contributed by atoms with Gasteiger partial charge in [-0.1, -0.05) is 6.07 Å². The number of nitrogens with one attached hydrogen (secondary N) is 2. The molecule has 0 atom stereocenters. The lowest BCUT2D eigenvalue weighted by Gasteiger charge is -2.10. The summed E-state index contributed by atoms with van der Waals surface area (Å²) in [5.41, 5.74) is 2.94. The zero-order chi connectivity index (χ0) is 17.1. The van der Waals surface area contributed by atoms with Crippen molar-refractivity contribution in [2.24, 2.45) is 0 Å². The summed E-state index contributed by atoms with van der Waals surface area (Å²) in [6.07, 6.45) is 4.11. The van der Waals surface area contributed by atoms with E-state index in [4.69, 9.17) is 4.74 Å². The van der Waals surface area contributed by atoms with Crippen molar-refractivity contribution in [2.45, 2.75) is 13.1 Å². The molecule has 0 spiro atoms. The van der Waals surface area contributed by atoms with E-state index < -0.39 is 0 Å². The first-order valence-corrected chi connectivity index (χ1v) is 9.13. The Hall–Kier alpha value is -2.57. The van der Waals surface area contributed by atoms with Gasteiger partial charge in [-0.2, -0.15) is 0 Å². The highest BCUT2D eigenvalue weighted by Crippen LogP contribution is 2.23. The Morgan fingerprint density at radius 1 is 1.20 bits per heavy atom. The lowest BCUT2D eigenvalue weighted by Crippen LogP contribution is -2.24. The largest absolute Gasteiger partial charge is 0.491 e. The van der Waals surface area contributed by atoms with Gasteiger partial charge in [-0.3, -0.25) is 4.79 Å². The summed E-state index contributed by atoms with van der Waals surface area (Å²) < 4.78 is 7.72. The SMILES string of the molecule is O=C1NCCOc2ccc(CNCc3ccsc3-n3cccc3)cc21. The Bertz CT molecular complexity index is 871. The van der Waals surface area contributed by atoms with Crippen LogP contribution in [0.2, 0.25) is 0 Å². The number of amides is 1. The molecule has 6 heteroatoms. The molecule has 128 valence electrons. The van der Waals surface area contributed by atoms with E-state index in [1.54, 1.807) is 11.3 Å². The Morgan fingerprint density at radius 3 is 2.96 bits per heavy atom. The standard InChI is InChI=1S/C19H19N3O2S/c23-18-16-11-14(3-4-17(16)24-9-6-21-18)12-20-13-15-5-10-25-19(15)22-7-1-2-8-22/h1-5,7-8,10-11,20H,6,9,12-13H2,(H,21,23). The van der Waals surface area contributed by atoms with E-state index in [0.29, 0.717) is 31.0 Å². The second-order valence-corrected chi connectivity index (χ2v) is 6.77. The van der Waals surface area contributed by atoms with Crippen LogP contribution in [0.1, 0.15) is 21.5 Å². The molecule has 0 fully saturated rings. The van der Waals surface area contributed by atoms with Crippen LogP contribution in [-0.2, 0) is 13.1 Å². The number of ether oxygens (including phenoxy) is 1. The van der Waals surface area contributed by atoms with Crippen molar-refractivity contribution in [1.29, 1.82) is 0 Å². The summed E-state index contributed by atoms with van der Waals surface area (Å²) in [7, 11) is 0. The van der Waals surface area contributed by atoms with Gasteiger partial charge in [0.2, 0.25) is 0 Å². The van der Waals surface area contributed by atoms with Crippen LogP contribution in [0.5, 0.6) is 5.75 Å². The Balaban J connectivity index is 1.43. The zero-order valence-corrected chi connectivity index (χ0v) is 14.5. The molecule has 0 bridgehead atoms. The third-order valence-electron chi connectivity index (χ3n) is 4.14. The molecule has 25 heavy (non-hydrogen) atoms. The van der Waals surface area contributed by atoms with Crippen LogP contribution in [0, 0.1) is 0 Å². The van der Waals surface area contributed by atoms with Crippen LogP contribution in [0.25, 0.3) is 5.00 Å². The maximum atomic E-state index is 12.1. The number of nitrogens with zero attached hydrogens (tertiary/aromatic N) is 1. The number of hydrogen-bond acceptors (Lipinski definition) is 4. The number of hydrogen-bond donors (Lipinski definition) is 2. The van der Waals surface area contributed by atoms with Crippen LogP contribution in [-0.4, -0.2) is 23.6 Å². The molecule has 5 nitrogen and oxygen atoms in total. The molecular formula is C19H19N3O2S. The second-order valence-electron chi connectivity index (χ2n) is 5.88. The quantitative estimate of drug-likeness (QED) is 0.741. The molecule has 0 saturated heterocycles. The molecular weight excluding hydrogens is 334 g/mol. The first kappa shape index (κ1) is 15.9. The van der Waals surface area contributed by atoms with Gasteiger partial charge < -0.3 is 19.9 Å². The van der Waals surface area contributed by atoms with E-state index in [0.717, 1.165) is 12.1 Å². The summed E-state index contributed by atoms with van der Waals surface area (Å²) in [5, 5.41) is 9.64. The summed E-state index contributed by atoms with van der Waals surface area (Å²) in [5.74, 6) is 0.591. The highest BCUT2D eigenvalue weighted by molar-refractivity contribution is 7.12. The highest BCUT2D eigenvalue weighted by atomic mass is 32.1. The van der Waals surface area contributed by atoms with E-state index in [-0.39, 0.29) is 5.91 Å². The molecule has 0 aliphatic carbocycles. The summed E-state index contributed by atoms with van der Waals surface area (Å²) in [6, 6.07) is 12.0. The molecule has 0 radical (unpaired) electrons. The molecule has 2 aromatic heterocycles. The predicted octanol–water partition coefficient (Wildman–Crippen LogP) is 2.95.